The van der Waals surface area contributed by atoms with E-state index in [9.17, 15) is 4.79 Å². The van der Waals surface area contributed by atoms with Crippen molar-refractivity contribution in [1.29, 1.82) is 0 Å². The lowest BCUT2D eigenvalue weighted by atomic mass is 9.83. The molecule has 0 aromatic heterocycles. The average Bonchev–Trinajstić information content (AvgIpc) is 2.68. The maximum atomic E-state index is 12.4. The molecule has 0 unspecified atom stereocenters. The minimum Gasteiger partial charge on any atom is -0.497 e. The number of methoxy groups -OCH3 is 1. The average molecular weight is 352 g/mol. The summed E-state index contributed by atoms with van der Waals surface area (Å²) in [6, 6.07) is 18.3. The van der Waals surface area contributed by atoms with Gasteiger partial charge < -0.3 is 15.0 Å². The van der Waals surface area contributed by atoms with Crippen molar-refractivity contribution < 1.29 is 9.53 Å². The van der Waals surface area contributed by atoms with Gasteiger partial charge in [0.1, 0.15) is 5.75 Å². The van der Waals surface area contributed by atoms with E-state index in [0.29, 0.717) is 0 Å². The van der Waals surface area contributed by atoms with Gasteiger partial charge in [0.15, 0.2) is 5.78 Å². The molecular weight excluding hydrogens is 324 g/mol. The number of piperidine rings is 1. The number of nitrogens with one attached hydrogen (secondary N) is 1. The largest absolute Gasteiger partial charge is 0.497 e. The van der Waals surface area contributed by atoms with Crippen LogP contribution < -0.4 is 10.1 Å². The summed E-state index contributed by atoms with van der Waals surface area (Å²) in [5.74, 6) is 1.13. The van der Waals surface area contributed by atoms with Gasteiger partial charge in [-0.2, -0.15) is 0 Å². The van der Waals surface area contributed by atoms with Crippen LogP contribution in [0.5, 0.6) is 5.75 Å². The monoisotopic (exact) mass is 352 g/mol. The molecule has 138 valence electrons. The summed E-state index contributed by atoms with van der Waals surface area (Å²) in [6.45, 7) is 4.61. The summed E-state index contributed by atoms with van der Waals surface area (Å²) >= 11 is 0. The van der Waals surface area contributed by atoms with Gasteiger partial charge in [0.2, 0.25) is 0 Å². The molecule has 26 heavy (non-hydrogen) atoms. The van der Waals surface area contributed by atoms with Crippen LogP contribution in [-0.2, 0) is 11.2 Å². The second kappa shape index (κ2) is 8.37. The quantitative estimate of drug-likeness (QED) is 0.823. The van der Waals surface area contributed by atoms with Gasteiger partial charge in [-0.1, -0.05) is 30.3 Å². The Bertz CT molecular complexity index is 705. The fourth-order valence-corrected chi connectivity index (χ4v) is 3.60. The second-order valence-electron chi connectivity index (χ2n) is 7.07. The summed E-state index contributed by atoms with van der Waals surface area (Å²) in [5.41, 5.74) is 1.91. The lowest BCUT2D eigenvalue weighted by Gasteiger charge is -2.41. The maximum absolute atomic E-state index is 12.4. The lowest BCUT2D eigenvalue weighted by Crippen LogP contribution is -2.53. The summed E-state index contributed by atoms with van der Waals surface area (Å²) in [4.78, 5) is 14.8. The number of rotatable bonds is 7. The number of Topliss-reactive ketones (excluding diaryl/α,β-unsaturated/α-hetero) is 1. The number of hydrogen-bond acceptors (Lipinski definition) is 4. The van der Waals surface area contributed by atoms with Crippen molar-refractivity contribution in [3.8, 4) is 5.75 Å². The Morgan fingerprint density at radius 3 is 2.31 bits per heavy atom. The van der Waals surface area contributed by atoms with E-state index in [2.05, 4.69) is 22.3 Å². The summed E-state index contributed by atoms with van der Waals surface area (Å²) in [7, 11) is 1.69. The first-order valence-electron chi connectivity index (χ1n) is 9.31. The van der Waals surface area contributed by atoms with Gasteiger partial charge in [0, 0.05) is 25.3 Å². The number of anilines is 1. The first-order valence-corrected chi connectivity index (χ1v) is 9.31. The smallest absolute Gasteiger partial charge is 0.155 e. The summed E-state index contributed by atoms with van der Waals surface area (Å²) in [6.07, 6.45) is 2.71. The highest BCUT2D eigenvalue weighted by Crippen LogP contribution is 2.28. The minimum absolute atomic E-state index is 0.233. The molecule has 0 amide bonds. The Hall–Kier alpha value is -2.33. The van der Waals surface area contributed by atoms with Gasteiger partial charge >= 0.3 is 0 Å². The number of ether oxygens (including phenoxy) is 1. The van der Waals surface area contributed by atoms with Crippen LogP contribution in [0, 0.1) is 0 Å². The molecule has 1 fully saturated rings. The first kappa shape index (κ1) is 18.5. The normalized spacial score (nSPS) is 16.8. The predicted molar refractivity (Wildman–Crippen MR) is 106 cm³/mol. The molecule has 1 N–H and O–H groups in total. The number of ketones is 1. The highest BCUT2D eigenvalue weighted by molar-refractivity contribution is 5.89. The van der Waals surface area contributed by atoms with Crippen LogP contribution in [-0.4, -0.2) is 43.0 Å². The SMILES string of the molecule is COc1ccc(CCN2CCC(Nc3ccccc3)(C(C)=O)CC2)cc1. The Balaban J connectivity index is 1.55. The third-order valence-corrected chi connectivity index (χ3v) is 5.42. The molecule has 1 aliphatic heterocycles. The molecule has 0 radical (unpaired) electrons. The molecule has 1 saturated heterocycles. The highest BCUT2D eigenvalue weighted by Gasteiger charge is 2.38. The summed E-state index contributed by atoms with van der Waals surface area (Å²) in [5, 5.41) is 3.51. The topological polar surface area (TPSA) is 41.6 Å². The van der Waals surface area contributed by atoms with Gasteiger partial charge in [-0.15, -0.1) is 0 Å². The lowest BCUT2D eigenvalue weighted by molar-refractivity contribution is -0.122. The number of benzene rings is 2. The molecule has 3 rings (SSSR count). The number of carbonyl (C=O) groups is 1. The molecule has 0 aliphatic carbocycles. The Labute approximate surface area is 156 Å². The third kappa shape index (κ3) is 4.44. The molecule has 0 spiro atoms. The van der Waals surface area contributed by atoms with E-state index in [1.165, 1.54) is 5.56 Å². The number of likely N-dealkylation sites (tertiary alicyclic amines) is 1. The first-order chi connectivity index (χ1) is 12.6. The van der Waals surface area contributed by atoms with Crippen LogP contribution in [0.3, 0.4) is 0 Å². The van der Waals surface area contributed by atoms with Gasteiger partial charge in [-0.05, 0) is 56.0 Å². The second-order valence-corrected chi connectivity index (χ2v) is 7.07. The van der Waals surface area contributed by atoms with E-state index in [-0.39, 0.29) is 5.78 Å². The zero-order valence-corrected chi connectivity index (χ0v) is 15.7. The van der Waals surface area contributed by atoms with Gasteiger partial charge in [0.05, 0.1) is 12.6 Å². The molecular formula is C22H28N2O2. The van der Waals surface area contributed by atoms with E-state index < -0.39 is 5.54 Å². The Morgan fingerprint density at radius 2 is 1.73 bits per heavy atom. The Kier molecular flexibility index (Phi) is 5.94. The van der Waals surface area contributed by atoms with Crippen molar-refractivity contribution in [2.75, 3.05) is 32.1 Å². The molecule has 0 saturated carbocycles. The zero-order valence-electron chi connectivity index (χ0n) is 15.7. The van der Waals surface area contributed by atoms with Crippen molar-refractivity contribution in [3.63, 3.8) is 0 Å². The van der Waals surface area contributed by atoms with Crippen LogP contribution >= 0.6 is 0 Å². The van der Waals surface area contributed by atoms with Crippen molar-refractivity contribution in [2.45, 2.75) is 31.7 Å². The van der Waals surface area contributed by atoms with Crippen LogP contribution in [0.15, 0.2) is 54.6 Å². The van der Waals surface area contributed by atoms with E-state index >= 15 is 0 Å². The van der Waals surface area contributed by atoms with Crippen molar-refractivity contribution in [1.82, 2.24) is 4.90 Å². The molecule has 4 heteroatoms. The number of nitrogens with zero attached hydrogens (tertiary/aromatic N) is 1. The van der Waals surface area contributed by atoms with Crippen LogP contribution in [0.2, 0.25) is 0 Å². The van der Waals surface area contributed by atoms with Crippen molar-refractivity contribution >= 4 is 11.5 Å². The van der Waals surface area contributed by atoms with Crippen molar-refractivity contribution in [3.05, 3.63) is 60.2 Å². The fourth-order valence-electron chi connectivity index (χ4n) is 3.60. The molecule has 1 aliphatic rings. The molecule has 2 aromatic rings. The number of carbonyl (C=O) groups excluding carboxylic acids is 1. The standard InChI is InChI=1S/C22H28N2O2/c1-18(25)22(23-20-6-4-3-5-7-20)13-16-24(17-14-22)15-12-19-8-10-21(26-2)11-9-19/h3-11,23H,12-17H2,1-2H3. The minimum atomic E-state index is -0.433. The van der Waals surface area contributed by atoms with E-state index in [1.807, 2.05) is 42.5 Å². The van der Waals surface area contributed by atoms with Gasteiger partial charge in [-0.25, -0.2) is 0 Å². The van der Waals surface area contributed by atoms with Crippen LogP contribution in [0.1, 0.15) is 25.3 Å². The third-order valence-electron chi connectivity index (χ3n) is 5.42. The highest BCUT2D eigenvalue weighted by atomic mass is 16.5. The van der Waals surface area contributed by atoms with Crippen LogP contribution in [0.4, 0.5) is 5.69 Å². The molecule has 0 atom stereocenters. The zero-order chi connectivity index (χ0) is 18.4. The fraction of sp³-hybridized carbons (Fsp3) is 0.409. The van der Waals surface area contributed by atoms with E-state index in [4.69, 9.17) is 4.74 Å². The Morgan fingerprint density at radius 1 is 1.08 bits per heavy atom. The molecule has 2 aromatic carbocycles. The summed E-state index contributed by atoms with van der Waals surface area (Å²) < 4.78 is 5.21. The molecule has 4 nitrogen and oxygen atoms in total. The van der Waals surface area contributed by atoms with Crippen LogP contribution in [0.25, 0.3) is 0 Å². The van der Waals surface area contributed by atoms with E-state index in [1.54, 1.807) is 14.0 Å². The maximum Gasteiger partial charge on any atom is 0.155 e. The predicted octanol–water partition coefficient (Wildman–Crippen LogP) is 3.77. The number of para-hydroxylation sites is 1. The van der Waals surface area contributed by atoms with E-state index in [0.717, 1.165) is 50.3 Å². The van der Waals surface area contributed by atoms with Gasteiger partial charge in [-0.3, -0.25) is 4.79 Å². The number of hydrogen-bond donors (Lipinski definition) is 1. The molecule has 0 bridgehead atoms. The van der Waals surface area contributed by atoms with Crippen molar-refractivity contribution in [2.24, 2.45) is 0 Å². The molecule has 1 heterocycles. The van der Waals surface area contributed by atoms with Gasteiger partial charge in [0.25, 0.3) is 0 Å².